The summed E-state index contributed by atoms with van der Waals surface area (Å²) in [7, 11) is 0.432. The van der Waals surface area contributed by atoms with E-state index < -0.39 is 19.9 Å². The number of amides is 1. The number of carbonyl (C=O) groups excluding carboxylic acids is 1. The number of nitrogens with zero attached hydrogens (tertiary/aromatic N) is 1. The van der Waals surface area contributed by atoms with Crippen molar-refractivity contribution in [1.82, 2.24) is 9.88 Å². The summed E-state index contributed by atoms with van der Waals surface area (Å²) in [6, 6.07) is 1.43. The molecule has 1 heterocycles. The Hall–Kier alpha value is -0.860. The quantitative estimate of drug-likeness (QED) is 0.781. The third kappa shape index (κ3) is 4.08. The van der Waals surface area contributed by atoms with E-state index in [1.165, 1.54) is 12.3 Å². The molecule has 1 aromatic heterocycles. The van der Waals surface area contributed by atoms with Crippen molar-refractivity contribution in [3.63, 3.8) is 0 Å². The number of nitrogens with one attached hydrogen (secondary N) is 1. The van der Waals surface area contributed by atoms with Crippen LogP contribution in [0.2, 0.25) is 0 Å². The number of carbonyl (C=O) groups is 1. The first-order valence-electron chi connectivity index (χ1n) is 6.47. The van der Waals surface area contributed by atoms with Gasteiger partial charge in [-0.25, -0.2) is 8.42 Å². The Kier molecular flexibility index (Phi) is 4.79. The van der Waals surface area contributed by atoms with Crippen LogP contribution in [0.15, 0.2) is 17.2 Å². The van der Waals surface area contributed by atoms with Gasteiger partial charge in [-0.05, 0) is 25.8 Å². The van der Waals surface area contributed by atoms with Crippen molar-refractivity contribution in [3.05, 3.63) is 18.0 Å². The first-order chi connectivity index (χ1) is 9.70. The third-order valence-electron chi connectivity index (χ3n) is 3.39. The van der Waals surface area contributed by atoms with Gasteiger partial charge < -0.3 is 9.88 Å². The Morgan fingerprint density at radius 3 is 2.67 bits per heavy atom. The molecule has 1 saturated carbocycles. The predicted octanol–water partition coefficient (Wildman–Crippen LogP) is 1.25. The molecule has 1 aliphatic carbocycles. The summed E-state index contributed by atoms with van der Waals surface area (Å²) in [5.41, 5.74) is 0.269. The number of rotatable bonds is 6. The molecule has 2 atom stereocenters. The Morgan fingerprint density at radius 2 is 2.19 bits per heavy atom. The van der Waals surface area contributed by atoms with E-state index in [0.29, 0.717) is 0 Å². The molecule has 1 N–H and O–H groups in total. The van der Waals surface area contributed by atoms with Crippen LogP contribution in [0, 0.1) is 0 Å². The van der Waals surface area contributed by atoms with Gasteiger partial charge in [0.15, 0.2) is 0 Å². The van der Waals surface area contributed by atoms with Gasteiger partial charge in [-0.1, -0.05) is 0 Å². The topological polar surface area (TPSA) is 85.2 Å². The van der Waals surface area contributed by atoms with Gasteiger partial charge in [0, 0.05) is 51.8 Å². The van der Waals surface area contributed by atoms with Crippen molar-refractivity contribution < 1.29 is 17.4 Å². The molecule has 9 heteroatoms. The highest BCUT2D eigenvalue weighted by Crippen LogP contribution is 2.37. The van der Waals surface area contributed by atoms with E-state index in [4.69, 9.17) is 10.7 Å². The summed E-state index contributed by atoms with van der Waals surface area (Å²) in [6.45, 7) is 2.03. The van der Waals surface area contributed by atoms with Crippen LogP contribution in [0.4, 0.5) is 0 Å². The number of aromatic nitrogens is 1. The fraction of sp³-hybridized carbons (Fsp3) is 0.583. The molecular formula is C12H17ClN2O4S2. The average molecular weight is 353 g/mol. The van der Waals surface area contributed by atoms with Crippen molar-refractivity contribution in [1.29, 1.82) is 0 Å². The molecule has 0 spiro atoms. The molecule has 1 amide bonds. The van der Waals surface area contributed by atoms with Crippen LogP contribution in [0.1, 0.15) is 36.3 Å². The Morgan fingerprint density at radius 1 is 1.57 bits per heavy atom. The van der Waals surface area contributed by atoms with Crippen LogP contribution in [0.3, 0.4) is 0 Å². The molecule has 0 bridgehead atoms. The molecular weight excluding hydrogens is 336 g/mol. The van der Waals surface area contributed by atoms with E-state index in [-0.39, 0.29) is 34.3 Å². The van der Waals surface area contributed by atoms with Crippen LogP contribution in [0.5, 0.6) is 0 Å². The lowest BCUT2D eigenvalue weighted by molar-refractivity contribution is 0.0944. The SMILES string of the molecule is CC(CNC(=O)c1cc(S(=O)(=O)Cl)cn1C1CC1)S(C)=O. The summed E-state index contributed by atoms with van der Waals surface area (Å²) in [5, 5.41) is 2.51. The van der Waals surface area contributed by atoms with Gasteiger partial charge >= 0.3 is 0 Å². The molecule has 6 nitrogen and oxygen atoms in total. The molecule has 2 rings (SSSR count). The van der Waals surface area contributed by atoms with E-state index in [0.717, 1.165) is 12.8 Å². The fourth-order valence-electron chi connectivity index (χ4n) is 1.87. The van der Waals surface area contributed by atoms with Gasteiger partial charge in [-0.2, -0.15) is 0 Å². The zero-order valence-corrected chi connectivity index (χ0v) is 14.1. The minimum Gasteiger partial charge on any atom is -0.350 e. The normalized spacial score (nSPS) is 18.2. The van der Waals surface area contributed by atoms with Crippen LogP contribution in [0.25, 0.3) is 0 Å². The third-order valence-corrected chi connectivity index (χ3v) is 6.02. The van der Waals surface area contributed by atoms with E-state index >= 15 is 0 Å². The first-order valence-corrected chi connectivity index (χ1v) is 10.4. The summed E-state index contributed by atoms with van der Waals surface area (Å²) in [6.07, 6.45) is 4.79. The number of hydrogen-bond donors (Lipinski definition) is 1. The standard InChI is InChI=1S/C12H17ClN2O4S2/c1-8(20(2)17)6-14-12(16)11-5-10(21(13,18)19)7-15(11)9-3-4-9/h5,7-9H,3-4,6H2,1-2H3,(H,14,16). The summed E-state index contributed by atoms with van der Waals surface area (Å²) >= 11 is 0. The average Bonchev–Trinajstić information content (AvgIpc) is 3.12. The Balaban J connectivity index is 2.20. The van der Waals surface area contributed by atoms with Crippen molar-refractivity contribution in [2.24, 2.45) is 0 Å². The lowest BCUT2D eigenvalue weighted by Crippen LogP contribution is -2.33. The van der Waals surface area contributed by atoms with Crippen LogP contribution < -0.4 is 5.32 Å². The zero-order valence-electron chi connectivity index (χ0n) is 11.7. The minimum absolute atomic E-state index is 0.0756. The van der Waals surface area contributed by atoms with Gasteiger partial charge in [0.25, 0.3) is 15.0 Å². The van der Waals surface area contributed by atoms with Crippen LogP contribution >= 0.6 is 10.7 Å². The van der Waals surface area contributed by atoms with Gasteiger partial charge in [0.1, 0.15) is 10.6 Å². The molecule has 118 valence electrons. The molecule has 2 unspecified atom stereocenters. The smallest absolute Gasteiger partial charge is 0.267 e. The van der Waals surface area contributed by atoms with Crippen molar-refractivity contribution >= 4 is 36.4 Å². The molecule has 0 aromatic carbocycles. The second-order valence-electron chi connectivity index (χ2n) is 5.16. The lowest BCUT2D eigenvalue weighted by atomic mass is 10.3. The fourth-order valence-corrected chi connectivity index (χ4v) is 2.93. The van der Waals surface area contributed by atoms with Crippen LogP contribution in [-0.2, 0) is 19.9 Å². The maximum absolute atomic E-state index is 12.2. The maximum Gasteiger partial charge on any atom is 0.267 e. The van der Waals surface area contributed by atoms with Gasteiger partial charge in [0.2, 0.25) is 0 Å². The largest absolute Gasteiger partial charge is 0.350 e. The van der Waals surface area contributed by atoms with Gasteiger partial charge in [-0.15, -0.1) is 0 Å². The summed E-state index contributed by atoms with van der Waals surface area (Å²) in [5.74, 6) is -0.384. The Labute approximate surface area is 130 Å². The highest BCUT2D eigenvalue weighted by Gasteiger charge is 2.30. The molecule has 1 aliphatic rings. The molecule has 1 aromatic rings. The monoisotopic (exact) mass is 352 g/mol. The highest BCUT2D eigenvalue weighted by atomic mass is 35.7. The second kappa shape index (κ2) is 6.10. The van der Waals surface area contributed by atoms with E-state index in [1.807, 2.05) is 0 Å². The maximum atomic E-state index is 12.2. The second-order valence-corrected chi connectivity index (χ2v) is 9.52. The van der Waals surface area contributed by atoms with Crippen LogP contribution in [-0.4, -0.2) is 41.2 Å². The number of halogens is 1. The number of hydrogen-bond acceptors (Lipinski definition) is 4. The molecule has 0 saturated heterocycles. The first kappa shape index (κ1) is 16.5. The Bertz CT molecular complexity index is 679. The van der Waals surface area contributed by atoms with Gasteiger partial charge in [-0.3, -0.25) is 9.00 Å². The zero-order chi connectivity index (χ0) is 15.8. The van der Waals surface area contributed by atoms with Crippen molar-refractivity contribution in [2.75, 3.05) is 12.8 Å². The molecule has 0 aliphatic heterocycles. The highest BCUT2D eigenvalue weighted by molar-refractivity contribution is 8.13. The van der Waals surface area contributed by atoms with E-state index in [2.05, 4.69) is 5.32 Å². The molecule has 21 heavy (non-hydrogen) atoms. The summed E-state index contributed by atoms with van der Waals surface area (Å²) in [4.78, 5) is 12.1. The predicted molar refractivity (Wildman–Crippen MR) is 81.6 cm³/mol. The van der Waals surface area contributed by atoms with Crippen molar-refractivity contribution in [3.8, 4) is 0 Å². The lowest BCUT2D eigenvalue weighted by Gasteiger charge is -2.11. The van der Waals surface area contributed by atoms with Gasteiger partial charge in [0.05, 0.1) is 0 Å². The minimum atomic E-state index is -3.87. The van der Waals surface area contributed by atoms with Crippen molar-refractivity contribution in [2.45, 2.75) is 36.0 Å². The molecule has 0 radical (unpaired) electrons. The summed E-state index contributed by atoms with van der Waals surface area (Å²) < 4.78 is 35.7. The van der Waals surface area contributed by atoms with E-state index in [9.17, 15) is 17.4 Å². The van der Waals surface area contributed by atoms with E-state index in [1.54, 1.807) is 17.7 Å². The molecule has 1 fully saturated rings.